The quantitative estimate of drug-likeness (QED) is 0.683. The number of nitriles is 1. The zero-order chi connectivity index (χ0) is 16.5. The molecule has 0 amide bonds. The maximum atomic E-state index is 13.9. The fourth-order valence-electron chi connectivity index (χ4n) is 2.11. The lowest BCUT2D eigenvalue weighted by atomic mass is 9.78. The first-order valence-corrected chi connectivity index (χ1v) is 7.70. The summed E-state index contributed by atoms with van der Waals surface area (Å²) in [6.07, 6.45) is 1.64. The molecule has 1 aliphatic rings. The molecule has 1 aromatic carbocycles. The van der Waals surface area contributed by atoms with Crippen molar-refractivity contribution < 1.29 is 13.7 Å². The highest BCUT2D eigenvalue weighted by molar-refractivity contribution is 7.80. The lowest BCUT2D eigenvalue weighted by Gasteiger charge is -2.32. The van der Waals surface area contributed by atoms with Crippen molar-refractivity contribution >= 4 is 25.8 Å². The molecule has 1 aromatic rings. The number of halogens is 1. The van der Waals surface area contributed by atoms with Crippen LogP contribution in [0.1, 0.15) is 38.8 Å². The maximum Gasteiger partial charge on any atom is 0.491 e. The summed E-state index contributed by atoms with van der Waals surface area (Å²) in [4.78, 5) is 0. The van der Waals surface area contributed by atoms with Crippen molar-refractivity contribution in [3.8, 4) is 6.07 Å². The summed E-state index contributed by atoms with van der Waals surface area (Å²) in [5.74, 6) is -0.0256. The van der Waals surface area contributed by atoms with Crippen LogP contribution >= 0.6 is 12.6 Å². The van der Waals surface area contributed by atoms with Crippen molar-refractivity contribution in [2.45, 2.75) is 38.9 Å². The van der Waals surface area contributed by atoms with Gasteiger partial charge < -0.3 is 9.31 Å². The second-order valence-corrected chi connectivity index (χ2v) is 6.63. The predicted octanol–water partition coefficient (Wildman–Crippen LogP) is 3.64. The van der Waals surface area contributed by atoms with Gasteiger partial charge in [-0.1, -0.05) is 6.08 Å². The monoisotopic (exact) mass is 319 g/mol. The highest BCUT2D eigenvalue weighted by Gasteiger charge is 2.52. The van der Waals surface area contributed by atoms with E-state index in [1.54, 1.807) is 6.08 Å². The summed E-state index contributed by atoms with van der Waals surface area (Å²) >= 11 is 4.30. The van der Waals surface area contributed by atoms with Crippen LogP contribution in [0.15, 0.2) is 23.7 Å². The van der Waals surface area contributed by atoms with Gasteiger partial charge in [-0.3, -0.25) is 0 Å². The summed E-state index contributed by atoms with van der Waals surface area (Å²) in [6, 6.07) is 6.24. The third kappa shape index (κ3) is 3.22. The van der Waals surface area contributed by atoms with Gasteiger partial charge in [-0.05, 0) is 51.4 Å². The molecule has 0 atom stereocenters. The molecule has 1 saturated heterocycles. The SMILES string of the molecule is CC1(C)OB(C(=Cc2cc(C#N)ccc2F)CS)OC1(C)C. The molecule has 2 rings (SSSR count). The molecule has 6 heteroatoms. The molecule has 1 fully saturated rings. The zero-order valence-corrected chi connectivity index (χ0v) is 14.1. The van der Waals surface area contributed by atoms with Crippen LogP contribution in [-0.2, 0) is 9.31 Å². The Labute approximate surface area is 136 Å². The Morgan fingerprint density at radius 1 is 1.32 bits per heavy atom. The third-order valence-electron chi connectivity index (χ3n) is 4.20. The molecule has 0 aromatic heterocycles. The maximum absolute atomic E-state index is 13.9. The minimum atomic E-state index is -0.576. The summed E-state index contributed by atoms with van der Waals surface area (Å²) < 4.78 is 25.9. The molecule has 0 aliphatic carbocycles. The highest BCUT2D eigenvalue weighted by Crippen LogP contribution is 2.39. The molecular weight excluding hydrogens is 300 g/mol. The van der Waals surface area contributed by atoms with Crippen molar-refractivity contribution in [3.63, 3.8) is 0 Å². The van der Waals surface area contributed by atoms with Crippen LogP contribution < -0.4 is 0 Å². The number of hydrogen-bond acceptors (Lipinski definition) is 4. The molecule has 22 heavy (non-hydrogen) atoms. The Bertz CT molecular complexity index is 636. The molecule has 1 aliphatic heterocycles. The van der Waals surface area contributed by atoms with E-state index >= 15 is 0 Å². The number of nitrogens with zero attached hydrogens (tertiary/aromatic N) is 1. The molecule has 0 unspecified atom stereocenters. The lowest BCUT2D eigenvalue weighted by Crippen LogP contribution is -2.41. The van der Waals surface area contributed by atoms with Crippen LogP contribution in [0.4, 0.5) is 4.39 Å². The van der Waals surface area contributed by atoms with Gasteiger partial charge in [-0.2, -0.15) is 17.9 Å². The Kier molecular flexibility index (Phi) is 4.71. The second kappa shape index (κ2) is 6.07. The van der Waals surface area contributed by atoms with Gasteiger partial charge >= 0.3 is 7.12 Å². The minimum absolute atomic E-state index is 0.331. The smallest absolute Gasteiger partial charge is 0.400 e. The van der Waals surface area contributed by atoms with Crippen LogP contribution in [-0.4, -0.2) is 24.1 Å². The van der Waals surface area contributed by atoms with E-state index in [1.807, 2.05) is 33.8 Å². The summed E-state index contributed by atoms with van der Waals surface area (Å²) in [7, 11) is -0.576. The van der Waals surface area contributed by atoms with E-state index < -0.39 is 24.1 Å². The van der Waals surface area contributed by atoms with Crippen LogP contribution in [0.25, 0.3) is 6.08 Å². The Morgan fingerprint density at radius 2 is 1.91 bits per heavy atom. The number of benzene rings is 1. The van der Waals surface area contributed by atoms with Gasteiger partial charge in [-0.25, -0.2) is 4.39 Å². The first-order valence-electron chi connectivity index (χ1n) is 7.07. The molecule has 0 bridgehead atoms. The molecule has 1 heterocycles. The van der Waals surface area contributed by atoms with Crippen LogP contribution in [0.5, 0.6) is 0 Å². The van der Waals surface area contributed by atoms with Gasteiger partial charge in [0.2, 0.25) is 0 Å². The second-order valence-electron chi connectivity index (χ2n) is 6.31. The lowest BCUT2D eigenvalue weighted by molar-refractivity contribution is 0.00578. The van der Waals surface area contributed by atoms with Gasteiger partial charge in [-0.15, -0.1) is 0 Å². The Morgan fingerprint density at radius 3 is 2.41 bits per heavy atom. The molecule has 0 radical (unpaired) electrons. The van der Waals surface area contributed by atoms with Crippen molar-refractivity contribution in [1.82, 2.24) is 0 Å². The van der Waals surface area contributed by atoms with E-state index in [0.717, 1.165) is 5.47 Å². The highest BCUT2D eigenvalue weighted by atomic mass is 32.1. The largest absolute Gasteiger partial charge is 0.491 e. The topological polar surface area (TPSA) is 42.2 Å². The van der Waals surface area contributed by atoms with Gasteiger partial charge in [0.15, 0.2) is 0 Å². The van der Waals surface area contributed by atoms with Gasteiger partial charge in [0.05, 0.1) is 22.8 Å². The average molecular weight is 319 g/mol. The first kappa shape index (κ1) is 17.1. The number of rotatable bonds is 3. The Balaban J connectivity index is 2.36. The first-order chi connectivity index (χ1) is 10.2. The van der Waals surface area contributed by atoms with Crippen molar-refractivity contribution in [1.29, 1.82) is 5.26 Å². The third-order valence-corrected chi connectivity index (χ3v) is 4.57. The van der Waals surface area contributed by atoms with E-state index in [9.17, 15) is 4.39 Å². The van der Waals surface area contributed by atoms with Crippen LogP contribution in [0.2, 0.25) is 0 Å². The fourth-order valence-corrected chi connectivity index (χ4v) is 2.35. The van der Waals surface area contributed by atoms with Crippen LogP contribution in [0.3, 0.4) is 0 Å². The standard InChI is InChI=1S/C16H19BFNO2S/c1-15(2)16(3,4)21-17(20-15)13(10-22)8-12-7-11(9-19)5-6-14(12)18/h5-8,22H,10H2,1-4H3. The number of hydrogen-bond donors (Lipinski definition) is 1. The van der Waals surface area contributed by atoms with E-state index in [-0.39, 0.29) is 0 Å². The van der Waals surface area contributed by atoms with E-state index in [2.05, 4.69) is 12.6 Å². The zero-order valence-electron chi connectivity index (χ0n) is 13.2. The Hall–Kier alpha value is -1.29. The fraction of sp³-hybridized carbons (Fsp3) is 0.438. The molecular formula is C16H19BFNO2S. The molecule has 0 saturated carbocycles. The van der Waals surface area contributed by atoms with Gasteiger partial charge in [0.25, 0.3) is 0 Å². The van der Waals surface area contributed by atoms with E-state index in [1.165, 1.54) is 18.2 Å². The number of thiol groups is 1. The molecule has 3 nitrogen and oxygen atoms in total. The van der Waals surface area contributed by atoms with E-state index in [0.29, 0.717) is 16.9 Å². The van der Waals surface area contributed by atoms with Gasteiger partial charge in [0, 0.05) is 11.3 Å². The van der Waals surface area contributed by atoms with Crippen molar-refractivity contribution in [3.05, 3.63) is 40.6 Å². The predicted molar refractivity (Wildman–Crippen MR) is 89.0 cm³/mol. The molecule has 0 spiro atoms. The minimum Gasteiger partial charge on any atom is -0.400 e. The summed E-state index contributed by atoms with van der Waals surface area (Å²) in [5.41, 5.74) is 0.522. The summed E-state index contributed by atoms with van der Waals surface area (Å²) in [5, 5.41) is 8.94. The molecule has 116 valence electrons. The average Bonchev–Trinajstić information content (AvgIpc) is 2.66. The summed E-state index contributed by atoms with van der Waals surface area (Å²) in [6.45, 7) is 7.83. The van der Waals surface area contributed by atoms with Crippen molar-refractivity contribution in [2.24, 2.45) is 0 Å². The molecule has 0 N–H and O–H groups in total. The normalized spacial score (nSPS) is 20.0. The van der Waals surface area contributed by atoms with Crippen molar-refractivity contribution in [2.75, 3.05) is 5.75 Å². The van der Waals surface area contributed by atoms with Gasteiger partial charge in [0.1, 0.15) is 5.82 Å². The van der Waals surface area contributed by atoms with Crippen LogP contribution in [0, 0.1) is 17.1 Å². The van der Waals surface area contributed by atoms with E-state index in [4.69, 9.17) is 14.6 Å².